The van der Waals surface area contributed by atoms with Crippen molar-refractivity contribution in [3.8, 4) is 0 Å². The molecule has 84 valence electrons. The monoisotopic (exact) mass is 298 g/mol. The van der Waals surface area contributed by atoms with Gasteiger partial charge in [-0.3, -0.25) is 0 Å². The molecule has 1 aliphatic heterocycles. The SMILES string of the molecule is CSC1CN(c2ncnn3cc(Br)cc23)C1. The van der Waals surface area contributed by atoms with Crippen LogP contribution in [0, 0.1) is 0 Å². The van der Waals surface area contributed by atoms with E-state index in [1.165, 1.54) is 0 Å². The summed E-state index contributed by atoms with van der Waals surface area (Å²) in [6.07, 6.45) is 5.72. The molecule has 0 atom stereocenters. The van der Waals surface area contributed by atoms with Crippen molar-refractivity contribution >= 4 is 39.0 Å². The zero-order valence-corrected chi connectivity index (χ0v) is 11.2. The summed E-state index contributed by atoms with van der Waals surface area (Å²) in [4.78, 5) is 6.67. The van der Waals surface area contributed by atoms with E-state index in [1.807, 2.05) is 22.5 Å². The fourth-order valence-electron chi connectivity index (χ4n) is 1.89. The van der Waals surface area contributed by atoms with E-state index in [0.29, 0.717) is 0 Å². The topological polar surface area (TPSA) is 33.4 Å². The molecule has 16 heavy (non-hydrogen) atoms. The van der Waals surface area contributed by atoms with Crippen LogP contribution in [0.25, 0.3) is 5.52 Å². The van der Waals surface area contributed by atoms with Gasteiger partial charge in [-0.2, -0.15) is 16.9 Å². The third kappa shape index (κ3) is 1.60. The fourth-order valence-corrected chi connectivity index (χ4v) is 2.96. The maximum absolute atomic E-state index is 4.37. The molecule has 0 aromatic carbocycles. The minimum atomic E-state index is 0.744. The van der Waals surface area contributed by atoms with Crippen molar-refractivity contribution in [2.75, 3.05) is 24.2 Å². The summed E-state index contributed by atoms with van der Waals surface area (Å²) in [7, 11) is 0. The first-order chi connectivity index (χ1) is 7.78. The number of hydrogen-bond donors (Lipinski definition) is 0. The van der Waals surface area contributed by atoms with Crippen molar-refractivity contribution < 1.29 is 0 Å². The molecule has 0 bridgehead atoms. The first kappa shape index (κ1) is 10.4. The van der Waals surface area contributed by atoms with Crippen molar-refractivity contribution in [3.63, 3.8) is 0 Å². The summed E-state index contributed by atoms with van der Waals surface area (Å²) >= 11 is 5.38. The van der Waals surface area contributed by atoms with Crippen molar-refractivity contribution in [3.05, 3.63) is 23.1 Å². The van der Waals surface area contributed by atoms with Gasteiger partial charge in [0.05, 0.1) is 0 Å². The predicted octanol–water partition coefficient (Wildman–Crippen LogP) is 2.04. The van der Waals surface area contributed by atoms with E-state index in [-0.39, 0.29) is 0 Å². The summed E-state index contributed by atoms with van der Waals surface area (Å²) in [5.74, 6) is 1.03. The second kappa shape index (κ2) is 3.92. The van der Waals surface area contributed by atoms with Gasteiger partial charge in [0.15, 0.2) is 5.82 Å². The van der Waals surface area contributed by atoms with Gasteiger partial charge in [-0.15, -0.1) is 0 Å². The van der Waals surface area contributed by atoms with Crippen molar-refractivity contribution in [2.45, 2.75) is 5.25 Å². The van der Waals surface area contributed by atoms with Gasteiger partial charge >= 0.3 is 0 Å². The van der Waals surface area contributed by atoms with Gasteiger partial charge in [0.25, 0.3) is 0 Å². The highest BCUT2D eigenvalue weighted by Gasteiger charge is 2.28. The molecule has 1 saturated heterocycles. The highest BCUT2D eigenvalue weighted by molar-refractivity contribution is 9.10. The highest BCUT2D eigenvalue weighted by Crippen LogP contribution is 2.29. The molecular formula is C10H11BrN4S. The lowest BCUT2D eigenvalue weighted by molar-refractivity contribution is 0.625. The third-order valence-corrected chi connectivity index (χ3v) is 4.23. The number of fused-ring (bicyclic) bond motifs is 1. The van der Waals surface area contributed by atoms with Gasteiger partial charge in [-0.1, -0.05) is 0 Å². The van der Waals surface area contributed by atoms with Gasteiger partial charge in [-0.25, -0.2) is 9.50 Å². The van der Waals surface area contributed by atoms with E-state index < -0.39 is 0 Å². The van der Waals surface area contributed by atoms with Crippen LogP contribution in [0.3, 0.4) is 0 Å². The van der Waals surface area contributed by atoms with Crippen LogP contribution in [0.15, 0.2) is 23.1 Å². The third-order valence-electron chi connectivity index (χ3n) is 2.83. The summed E-state index contributed by atoms with van der Waals surface area (Å²) in [6, 6.07) is 2.06. The van der Waals surface area contributed by atoms with Crippen LogP contribution in [0.2, 0.25) is 0 Å². The van der Waals surface area contributed by atoms with Gasteiger partial charge in [0.1, 0.15) is 11.8 Å². The Bertz CT molecular complexity index is 521. The highest BCUT2D eigenvalue weighted by atomic mass is 79.9. The van der Waals surface area contributed by atoms with Crippen molar-refractivity contribution in [1.82, 2.24) is 14.6 Å². The molecule has 4 nitrogen and oxygen atoms in total. The molecule has 6 heteroatoms. The zero-order valence-electron chi connectivity index (χ0n) is 8.80. The van der Waals surface area contributed by atoms with E-state index >= 15 is 0 Å². The van der Waals surface area contributed by atoms with E-state index in [1.54, 1.807) is 6.33 Å². The minimum Gasteiger partial charge on any atom is -0.352 e. The molecule has 0 radical (unpaired) electrons. The van der Waals surface area contributed by atoms with Crippen LogP contribution < -0.4 is 4.90 Å². The van der Waals surface area contributed by atoms with Crippen LogP contribution in [0.5, 0.6) is 0 Å². The maximum Gasteiger partial charge on any atom is 0.156 e. The molecule has 1 fully saturated rings. The number of hydrogen-bond acceptors (Lipinski definition) is 4. The van der Waals surface area contributed by atoms with Crippen LogP contribution in [0.4, 0.5) is 5.82 Å². The molecule has 2 aromatic rings. The first-order valence-electron chi connectivity index (χ1n) is 5.04. The van der Waals surface area contributed by atoms with Crippen LogP contribution in [-0.4, -0.2) is 39.2 Å². The van der Waals surface area contributed by atoms with Gasteiger partial charge < -0.3 is 4.90 Å². The van der Waals surface area contributed by atoms with Gasteiger partial charge in [0, 0.05) is 29.0 Å². The Balaban J connectivity index is 1.98. The average Bonchev–Trinajstić information content (AvgIpc) is 2.57. The van der Waals surface area contributed by atoms with Crippen LogP contribution >= 0.6 is 27.7 Å². The molecule has 2 aromatic heterocycles. The molecule has 0 amide bonds. The van der Waals surface area contributed by atoms with Crippen LogP contribution in [-0.2, 0) is 0 Å². The fraction of sp³-hybridized carbons (Fsp3) is 0.400. The molecule has 0 saturated carbocycles. The molecule has 3 heterocycles. The Kier molecular flexibility index (Phi) is 2.55. The maximum atomic E-state index is 4.37. The van der Waals surface area contributed by atoms with E-state index in [4.69, 9.17) is 0 Å². The Morgan fingerprint density at radius 3 is 3.06 bits per heavy atom. The smallest absolute Gasteiger partial charge is 0.156 e. The standard InChI is InChI=1S/C10H11BrN4S/c1-16-8-4-14(5-8)10-9-2-7(11)3-15(9)13-6-12-10/h2-3,6,8H,4-5H2,1H3. The summed E-state index contributed by atoms with van der Waals surface area (Å²) in [5, 5.41) is 4.93. The number of nitrogens with zero attached hydrogens (tertiary/aromatic N) is 4. The predicted molar refractivity (Wildman–Crippen MR) is 70.2 cm³/mol. The Hall–Kier alpha value is -0.750. The molecule has 3 rings (SSSR count). The lowest BCUT2D eigenvalue weighted by Crippen LogP contribution is -2.49. The molecule has 0 aliphatic carbocycles. The molecule has 0 unspecified atom stereocenters. The summed E-state index contributed by atoms with van der Waals surface area (Å²) in [5.41, 5.74) is 1.06. The lowest BCUT2D eigenvalue weighted by Gasteiger charge is -2.39. The second-order valence-electron chi connectivity index (χ2n) is 3.83. The van der Waals surface area contributed by atoms with E-state index in [2.05, 4.69) is 43.2 Å². The minimum absolute atomic E-state index is 0.744. The normalized spacial score (nSPS) is 16.8. The van der Waals surface area contributed by atoms with Crippen molar-refractivity contribution in [1.29, 1.82) is 0 Å². The number of aromatic nitrogens is 3. The van der Waals surface area contributed by atoms with Crippen LogP contribution in [0.1, 0.15) is 0 Å². The summed E-state index contributed by atoms with van der Waals surface area (Å²) < 4.78 is 2.90. The summed E-state index contributed by atoms with van der Waals surface area (Å²) in [6.45, 7) is 2.16. The lowest BCUT2D eigenvalue weighted by atomic mass is 10.2. The van der Waals surface area contributed by atoms with E-state index in [0.717, 1.165) is 34.1 Å². The average molecular weight is 299 g/mol. The van der Waals surface area contributed by atoms with Crippen molar-refractivity contribution in [2.24, 2.45) is 0 Å². The first-order valence-corrected chi connectivity index (χ1v) is 7.12. The second-order valence-corrected chi connectivity index (χ2v) is 5.89. The number of thioether (sulfide) groups is 1. The number of rotatable bonds is 2. The quantitative estimate of drug-likeness (QED) is 0.850. The Morgan fingerprint density at radius 2 is 2.31 bits per heavy atom. The number of halogens is 1. The molecule has 1 aliphatic rings. The Labute approximate surface area is 106 Å². The van der Waals surface area contributed by atoms with E-state index in [9.17, 15) is 0 Å². The molecular weight excluding hydrogens is 288 g/mol. The van der Waals surface area contributed by atoms with Gasteiger partial charge in [0.2, 0.25) is 0 Å². The molecule has 0 spiro atoms. The zero-order chi connectivity index (χ0) is 11.1. The number of anilines is 1. The Morgan fingerprint density at radius 1 is 1.50 bits per heavy atom. The molecule has 0 N–H and O–H groups in total. The van der Waals surface area contributed by atoms with Gasteiger partial charge in [-0.05, 0) is 28.3 Å². The largest absolute Gasteiger partial charge is 0.352 e.